The van der Waals surface area contributed by atoms with Crippen molar-refractivity contribution in [1.29, 1.82) is 0 Å². The van der Waals surface area contributed by atoms with Gasteiger partial charge in [0.1, 0.15) is 0 Å². The average molecular weight is 394 g/mol. The minimum absolute atomic E-state index is 0.340. The van der Waals surface area contributed by atoms with Crippen molar-refractivity contribution in [3.05, 3.63) is 47.3 Å². The van der Waals surface area contributed by atoms with E-state index in [2.05, 4.69) is 32.2 Å². The molecule has 2 N–H and O–H groups in total. The van der Waals surface area contributed by atoms with Gasteiger partial charge in [-0.3, -0.25) is 9.69 Å². The van der Waals surface area contributed by atoms with Gasteiger partial charge in [0.2, 0.25) is 5.91 Å². The molecule has 2 aromatic rings. The smallest absolute Gasteiger partial charge is 0.248 e. The molecule has 29 heavy (non-hydrogen) atoms. The van der Waals surface area contributed by atoms with Crippen molar-refractivity contribution in [2.24, 2.45) is 5.73 Å². The Hall–Kier alpha value is -2.21. The van der Waals surface area contributed by atoms with Gasteiger partial charge in [0.25, 0.3) is 0 Å². The van der Waals surface area contributed by atoms with E-state index in [4.69, 9.17) is 5.73 Å². The summed E-state index contributed by atoms with van der Waals surface area (Å²) in [5.74, 6) is 0.175. The maximum Gasteiger partial charge on any atom is 0.248 e. The van der Waals surface area contributed by atoms with Crippen LogP contribution in [-0.2, 0) is 6.54 Å². The number of hydrogen-bond donors (Lipinski definition) is 1. The Labute approximate surface area is 172 Å². The number of carbonyl (C=O) groups excluding carboxylic acids is 1. The van der Waals surface area contributed by atoms with Gasteiger partial charge in [-0.15, -0.1) is 5.10 Å². The van der Waals surface area contributed by atoms with Crippen molar-refractivity contribution in [1.82, 2.24) is 19.9 Å². The Morgan fingerprint density at radius 2 is 1.79 bits per heavy atom. The van der Waals surface area contributed by atoms with Gasteiger partial charge >= 0.3 is 0 Å². The summed E-state index contributed by atoms with van der Waals surface area (Å²) in [5, 5.41) is 8.97. The van der Waals surface area contributed by atoms with Crippen molar-refractivity contribution >= 4 is 5.91 Å². The van der Waals surface area contributed by atoms with Crippen LogP contribution in [0, 0.1) is 0 Å². The molecule has 3 fully saturated rings. The Balaban J connectivity index is 1.26. The predicted octanol–water partition coefficient (Wildman–Crippen LogP) is 3.79. The number of amides is 1. The molecule has 5 rings (SSSR count). The molecule has 2 aliphatic heterocycles. The number of benzene rings is 1. The average Bonchev–Trinajstić information content (AvgIpc) is 3.30. The fourth-order valence-corrected chi connectivity index (χ4v) is 5.85. The number of aromatic nitrogens is 3. The lowest BCUT2D eigenvalue weighted by atomic mass is 9.84. The van der Waals surface area contributed by atoms with Gasteiger partial charge in [0.05, 0.1) is 17.9 Å². The molecule has 0 spiro atoms. The lowest BCUT2D eigenvalue weighted by Gasteiger charge is -2.38. The fraction of sp³-hybridized carbons (Fsp3) is 0.609. The summed E-state index contributed by atoms with van der Waals surface area (Å²) in [4.78, 5) is 14.2. The third-order valence-corrected chi connectivity index (χ3v) is 7.38. The summed E-state index contributed by atoms with van der Waals surface area (Å²) in [6, 6.07) is 9.66. The molecule has 6 heteroatoms. The molecule has 2 bridgehead atoms. The van der Waals surface area contributed by atoms with E-state index in [1.165, 1.54) is 50.5 Å². The van der Waals surface area contributed by atoms with Crippen LogP contribution >= 0.6 is 0 Å². The highest BCUT2D eigenvalue weighted by Gasteiger charge is 2.41. The predicted molar refractivity (Wildman–Crippen MR) is 111 cm³/mol. The van der Waals surface area contributed by atoms with Crippen molar-refractivity contribution in [2.75, 3.05) is 0 Å². The van der Waals surface area contributed by atoms with Gasteiger partial charge in [0, 0.05) is 24.2 Å². The zero-order valence-electron chi connectivity index (χ0n) is 17.0. The van der Waals surface area contributed by atoms with Crippen molar-refractivity contribution in [3.63, 3.8) is 0 Å². The Kier molecular flexibility index (Phi) is 5.12. The van der Waals surface area contributed by atoms with Crippen LogP contribution in [-0.4, -0.2) is 37.9 Å². The first kappa shape index (κ1) is 18.8. The molecular formula is C23H31N5O. The van der Waals surface area contributed by atoms with E-state index in [1.807, 2.05) is 18.2 Å². The minimum Gasteiger partial charge on any atom is -0.366 e. The summed E-state index contributed by atoms with van der Waals surface area (Å²) >= 11 is 0. The Bertz CT molecular complexity index is 858. The Morgan fingerprint density at radius 1 is 1.03 bits per heavy atom. The zero-order valence-corrected chi connectivity index (χ0v) is 17.0. The van der Waals surface area contributed by atoms with Crippen LogP contribution in [0.3, 0.4) is 0 Å². The molecule has 2 atom stereocenters. The van der Waals surface area contributed by atoms with E-state index in [1.54, 1.807) is 0 Å². The number of piperidine rings is 1. The van der Waals surface area contributed by atoms with Crippen LogP contribution in [0.25, 0.3) is 0 Å². The monoisotopic (exact) mass is 393 g/mol. The molecule has 0 radical (unpaired) electrons. The molecular weight excluding hydrogens is 362 g/mol. The van der Waals surface area contributed by atoms with Crippen molar-refractivity contribution in [2.45, 2.75) is 88.4 Å². The third kappa shape index (κ3) is 3.82. The lowest BCUT2D eigenvalue weighted by Crippen LogP contribution is -2.41. The first-order valence-corrected chi connectivity index (χ1v) is 11.2. The van der Waals surface area contributed by atoms with E-state index in [9.17, 15) is 4.79 Å². The zero-order chi connectivity index (χ0) is 19.8. The molecule has 1 amide bonds. The largest absolute Gasteiger partial charge is 0.366 e. The SMILES string of the molecule is NC(=O)c1cccc(C2C[C@H]3CC[C@H](C2)N3Cc2cn(C3CCCCC3)nn2)c1. The van der Waals surface area contributed by atoms with Gasteiger partial charge in [-0.1, -0.05) is 36.6 Å². The number of nitrogens with two attached hydrogens (primary N) is 1. The van der Waals surface area contributed by atoms with Crippen LogP contribution in [0.15, 0.2) is 30.5 Å². The van der Waals surface area contributed by atoms with E-state index in [-0.39, 0.29) is 5.91 Å². The first-order valence-electron chi connectivity index (χ1n) is 11.2. The number of nitrogens with zero attached hydrogens (tertiary/aromatic N) is 4. The molecule has 0 unspecified atom stereocenters. The highest BCUT2D eigenvalue weighted by Crippen LogP contribution is 2.43. The number of primary amides is 1. The summed E-state index contributed by atoms with van der Waals surface area (Å²) < 4.78 is 2.12. The van der Waals surface area contributed by atoms with Crippen molar-refractivity contribution < 1.29 is 4.79 Å². The molecule has 154 valence electrons. The molecule has 6 nitrogen and oxygen atoms in total. The van der Waals surface area contributed by atoms with Gasteiger partial charge in [0.15, 0.2) is 0 Å². The molecule has 1 aromatic heterocycles. The van der Waals surface area contributed by atoms with E-state index in [0.717, 1.165) is 25.1 Å². The van der Waals surface area contributed by atoms with Crippen LogP contribution < -0.4 is 5.73 Å². The molecule has 1 aromatic carbocycles. The molecule has 2 saturated heterocycles. The second-order valence-corrected chi connectivity index (χ2v) is 9.20. The summed E-state index contributed by atoms with van der Waals surface area (Å²) in [5.41, 5.74) is 8.48. The fourth-order valence-electron chi connectivity index (χ4n) is 5.85. The Morgan fingerprint density at radius 3 is 2.52 bits per heavy atom. The van der Waals surface area contributed by atoms with E-state index >= 15 is 0 Å². The standard InChI is InChI=1S/C23H31N5O/c24-23(29)17-6-4-5-16(11-17)18-12-21-9-10-22(13-18)27(21)14-19-15-28(26-25-19)20-7-2-1-3-8-20/h4-6,11,15,18,20-22H,1-3,7-10,12-14H2,(H2,24,29)/t21-,22-/m1/s1. The van der Waals surface area contributed by atoms with Crippen LogP contribution in [0.2, 0.25) is 0 Å². The van der Waals surface area contributed by atoms with Crippen LogP contribution in [0.1, 0.15) is 91.4 Å². The maximum atomic E-state index is 11.5. The summed E-state index contributed by atoms with van der Waals surface area (Å²) in [6.07, 6.45) is 13.5. The quantitative estimate of drug-likeness (QED) is 0.838. The van der Waals surface area contributed by atoms with E-state index in [0.29, 0.717) is 29.6 Å². The summed E-state index contributed by atoms with van der Waals surface area (Å²) in [7, 11) is 0. The summed E-state index contributed by atoms with van der Waals surface area (Å²) in [6.45, 7) is 0.913. The molecule has 3 heterocycles. The first-order chi connectivity index (χ1) is 14.2. The highest BCUT2D eigenvalue weighted by atomic mass is 16.1. The second kappa shape index (κ2) is 7.90. The third-order valence-electron chi connectivity index (χ3n) is 7.38. The second-order valence-electron chi connectivity index (χ2n) is 9.20. The van der Waals surface area contributed by atoms with E-state index < -0.39 is 0 Å². The lowest BCUT2D eigenvalue weighted by molar-refractivity contribution is 0.0999. The van der Waals surface area contributed by atoms with Gasteiger partial charge in [-0.05, 0) is 62.1 Å². The number of fused-ring (bicyclic) bond motifs is 2. The topological polar surface area (TPSA) is 77.0 Å². The number of rotatable bonds is 5. The van der Waals surface area contributed by atoms with Crippen LogP contribution in [0.5, 0.6) is 0 Å². The van der Waals surface area contributed by atoms with Gasteiger partial charge in [-0.25, -0.2) is 4.68 Å². The maximum absolute atomic E-state index is 11.5. The highest BCUT2D eigenvalue weighted by molar-refractivity contribution is 5.92. The van der Waals surface area contributed by atoms with Crippen molar-refractivity contribution in [3.8, 4) is 0 Å². The van der Waals surface area contributed by atoms with Crippen LogP contribution in [0.4, 0.5) is 0 Å². The molecule has 3 aliphatic rings. The normalized spacial score (nSPS) is 27.9. The molecule has 1 aliphatic carbocycles. The minimum atomic E-state index is -0.340. The molecule has 1 saturated carbocycles. The number of carbonyl (C=O) groups is 1. The number of hydrogen-bond acceptors (Lipinski definition) is 4. The van der Waals surface area contributed by atoms with Gasteiger partial charge in [-0.2, -0.15) is 0 Å². The van der Waals surface area contributed by atoms with Gasteiger partial charge < -0.3 is 5.73 Å².